The van der Waals surface area contributed by atoms with Gasteiger partial charge >= 0.3 is 0 Å². The molecule has 0 radical (unpaired) electrons. The van der Waals surface area contributed by atoms with Gasteiger partial charge in [-0.15, -0.1) is 0 Å². The van der Waals surface area contributed by atoms with E-state index in [0.29, 0.717) is 11.6 Å². The third-order valence-electron chi connectivity index (χ3n) is 3.31. The van der Waals surface area contributed by atoms with Gasteiger partial charge in [0.2, 0.25) is 0 Å². The molecule has 5 nitrogen and oxygen atoms in total. The zero-order chi connectivity index (χ0) is 13.2. The smallest absolute Gasteiger partial charge is 0.161 e. The molecule has 0 fully saturated rings. The van der Waals surface area contributed by atoms with Gasteiger partial charge in [-0.25, -0.2) is 9.97 Å². The number of hydrogen-bond donors (Lipinski definition) is 2. The van der Waals surface area contributed by atoms with Gasteiger partial charge in [0.25, 0.3) is 0 Å². The van der Waals surface area contributed by atoms with Crippen molar-refractivity contribution < 1.29 is 4.74 Å². The number of nitrogens with zero attached hydrogens (tertiary/aromatic N) is 2. The van der Waals surface area contributed by atoms with Gasteiger partial charge in [0.15, 0.2) is 5.82 Å². The lowest BCUT2D eigenvalue weighted by molar-refractivity contribution is 0.415. The average molecular weight is 256 g/mol. The van der Waals surface area contributed by atoms with E-state index in [2.05, 4.69) is 15.3 Å². The normalized spacial score (nSPS) is 13.9. The predicted octanol–water partition coefficient (Wildman–Crippen LogP) is 1.38. The molecule has 98 valence electrons. The first-order chi connectivity index (χ1) is 9.28. The number of nitrogens with two attached hydrogens (primary N) is 1. The highest BCUT2D eigenvalue weighted by molar-refractivity contribution is 5.60. The first-order valence-corrected chi connectivity index (χ1v) is 6.28. The fraction of sp³-hybridized carbons (Fsp3) is 0.286. The molecule has 0 amide bonds. The van der Waals surface area contributed by atoms with E-state index in [1.165, 1.54) is 0 Å². The van der Waals surface area contributed by atoms with E-state index in [4.69, 9.17) is 10.5 Å². The lowest BCUT2D eigenvalue weighted by atomic mass is 10.1. The quantitative estimate of drug-likeness (QED) is 0.849. The van der Waals surface area contributed by atoms with Crippen molar-refractivity contribution in [3.05, 3.63) is 35.5 Å². The van der Waals surface area contributed by atoms with Crippen molar-refractivity contribution in [1.29, 1.82) is 0 Å². The molecule has 5 heteroatoms. The minimum atomic E-state index is 0.572. The summed E-state index contributed by atoms with van der Waals surface area (Å²) in [6, 6.07) is 7.69. The molecule has 2 aromatic rings. The summed E-state index contributed by atoms with van der Waals surface area (Å²) < 4.78 is 5.15. The molecule has 0 unspecified atom stereocenters. The summed E-state index contributed by atoms with van der Waals surface area (Å²) >= 11 is 0. The Morgan fingerprint density at radius 1 is 1.21 bits per heavy atom. The number of benzene rings is 1. The van der Waals surface area contributed by atoms with Crippen molar-refractivity contribution in [2.45, 2.75) is 13.0 Å². The van der Waals surface area contributed by atoms with Crippen LogP contribution >= 0.6 is 0 Å². The molecule has 1 aromatic carbocycles. The van der Waals surface area contributed by atoms with E-state index in [1.54, 1.807) is 7.11 Å². The fourth-order valence-corrected chi connectivity index (χ4v) is 2.24. The Morgan fingerprint density at radius 3 is 2.74 bits per heavy atom. The lowest BCUT2D eigenvalue weighted by Crippen LogP contribution is -2.26. The summed E-state index contributed by atoms with van der Waals surface area (Å²) in [5.74, 6) is 2.07. The Labute approximate surface area is 111 Å². The molecule has 0 bridgehead atoms. The molecule has 0 saturated heterocycles. The minimum Gasteiger partial charge on any atom is -0.497 e. The maximum Gasteiger partial charge on any atom is 0.161 e. The highest BCUT2D eigenvalue weighted by atomic mass is 16.5. The van der Waals surface area contributed by atoms with Gasteiger partial charge < -0.3 is 15.8 Å². The van der Waals surface area contributed by atoms with Crippen LogP contribution in [0.4, 0.5) is 5.82 Å². The molecule has 0 saturated carbocycles. The maximum absolute atomic E-state index is 6.02. The Hall–Kier alpha value is -2.14. The van der Waals surface area contributed by atoms with E-state index in [1.807, 2.05) is 24.3 Å². The van der Waals surface area contributed by atoms with Crippen LogP contribution in [0, 0.1) is 0 Å². The van der Waals surface area contributed by atoms with Gasteiger partial charge in [-0.2, -0.15) is 0 Å². The van der Waals surface area contributed by atoms with Crippen LogP contribution in [0.3, 0.4) is 0 Å². The second kappa shape index (κ2) is 4.85. The largest absolute Gasteiger partial charge is 0.497 e. The Balaban J connectivity index is 2.02. The van der Waals surface area contributed by atoms with E-state index < -0.39 is 0 Å². The predicted molar refractivity (Wildman–Crippen MR) is 73.8 cm³/mol. The molecule has 0 aliphatic carbocycles. The van der Waals surface area contributed by atoms with Crippen LogP contribution in [0.5, 0.6) is 5.75 Å². The van der Waals surface area contributed by atoms with Crippen LogP contribution in [0.1, 0.15) is 11.3 Å². The summed E-state index contributed by atoms with van der Waals surface area (Å²) in [4.78, 5) is 9.03. The third-order valence-corrected chi connectivity index (χ3v) is 3.31. The van der Waals surface area contributed by atoms with Crippen molar-refractivity contribution >= 4 is 5.82 Å². The van der Waals surface area contributed by atoms with Crippen molar-refractivity contribution in [3.8, 4) is 17.1 Å². The van der Waals surface area contributed by atoms with Crippen molar-refractivity contribution in [1.82, 2.24) is 15.3 Å². The first-order valence-electron chi connectivity index (χ1n) is 6.28. The van der Waals surface area contributed by atoms with E-state index >= 15 is 0 Å². The lowest BCUT2D eigenvalue weighted by Gasteiger charge is -2.18. The molecule has 3 rings (SSSR count). The highest BCUT2D eigenvalue weighted by Crippen LogP contribution is 2.24. The van der Waals surface area contributed by atoms with Gasteiger partial charge in [0.05, 0.1) is 12.8 Å². The number of nitrogen functional groups attached to an aromatic ring is 1. The number of rotatable bonds is 2. The number of aromatic nitrogens is 2. The summed E-state index contributed by atoms with van der Waals surface area (Å²) in [7, 11) is 1.65. The average Bonchev–Trinajstić information content (AvgIpc) is 2.47. The monoisotopic (exact) mass is 256 g/mol. The van der Waals surface area contributed by atoms with E-state index in [0.717, 1.165) is 42.1 Å². The van der Waals surface area contributed by atoms with Gasteiger partial charge in [-0.1, -0.05) is 0 Å². The van der Waals surface area contributed by atoms with Crippen LogP contribution < -0.4 is 15.8 Å². The van der Waals surface area contributed by atoms with Crippen molar-refractivity contribution in [2.24, 2.45) is 0 Å². The standard InChI is InChI=1S/C14H16N4O/c1-19-10-4-2-9(3-5-10)14-17-12-6-7-16-8-11(12)13(15)18-14/h2-5,16H,6-8H2,1H3,(H2,15,17,18). The Morgan fingerprint density at radius 2 is 2.00 bits per heavy atom. The molecule has 3 N–H and O–H groups in total. The Kier molecular flexibility index (Phi) is 3.05. The zero-order valence-corrected chi connectivity index (χ0v) is 10.8. The van der Waals surface area contributed by atoms with Crippen LogP contribution in [-0.4, -0.2) is 23.6 Å². The van der Waals surface area contributed by atoms with Gasteiger partial charge in [-0.3, -0.25) is 0 Å². The first kappa shape index (κ1) is 11.9. The van der Waals surface area contributed by atoms with E-state index in [9.17, 15) is 0 Å². The molecule has 1 aliphatic heterocycles. The number of nitrogens with one attached hydrogen (secondary N) is 1. The molecule has 1 aromatic heterocycles. The third kappa shape index (κ3) is 2.24. The number of anilines is 1. The van der Waals surface area contributed by atoms with Gasteiger partial charge in [0.1, 0.15) is 11.6 Å². The second-order valence-electron chi connectivity index (χ2n) is 4.51. The number of hydrogen-bond acceptors (Lipinski definition) is 5. The molecule has 1 aliphatic rings. The maximum atomic E-state index is 6.02. The Bertz CT molecular complexity index is 595. The molecular weight excluding hydrogens is 240 g/mol. The summed E-state index contributed by atoms with van der Waals surface area (Å²) in [5.41, 5.74) is 9.06. The van der Waals surface area contributed by atoms with Gasteiger partial charge in [-0.05, 0) is 24.3 Å². The summed E-state index contributed by atoms with van der Waals surface area (Å²) in [6.45, 7) is 1.69. The molecule has 0 atom stereocenters. The highest BCUT2D eigenvalue weighted by Gasteiger charge is 2.16. The number of ether oxygens (including phenoxy) is 1. The van der Waals surface area contributed by atoms with Crippen LogP contribution in [-0.2, 0) is 13.0 Å². The van der Waals surface area contributed by atoms with Crippen LogP contribution in [0.2, 0.25) is 0 Å². The van der Waals surface area contributed by atoms with Crippen molar-refractivity contribution in [2.75, 3.05) is 19.4 Å². The SMILES string of the molecule is COc1ccc(-c2nc(N)c3c(n2)CCNC3)cc1. The summed E-state index contributed by atoms with van der Waals surface area (Å²) in [5, 5.41) is 3.28. The zero-order valence-electron chi connectivity index (χ0n) is 10.8. The van der Waals surface area contributed by atoms with E-state index in [-0.39, 0.29) is 0 Å². The van der Waals surface area contributed by atoms with Gasteiger partial charge in [0, 0.05) is 30.6 Å². The topological polar surface area (TPSA) is 73.1 Å². The summed E-state index contributed by atoms with van der Waals surface area (Å²) in [6.07, 6.45) is 0.894. The molecule has 0 spiro atoms. The van der Waals surface area contributed by atoms with Crippen LogP contribution in [0.15, 0.2) is 24.3 Å². The van der Waals surface area contributed by atoms with Crippen LogP contribution in [0.25, 0.3) is 11.4 Å². The number of methoxy groups -OCH3 is 1. The van der Waals surface area contributed by atoms with Crippen molar-refractivity contribution in [3.63, 3.8) is 0 Å². The molecular formula is C14H16N4O. The number of fused-ring (bicyclic) bond motifs is 1. The fourth-order valence-electron chi connectivity index (χ4n) is 2.24. The molecule has 19 heavy (non-hydrogen) atoms. The minimum absolute atomic E-state index is 0.572. The molecule has 2 heterocycles. The second-order valence-corrected chi connectivity index (χ2v) is 4.51.